The largest absolute Gasteiger partial charge is 0.306 e. The van der Waals surface area contributed by atoms with E-state index in [1.54, 1.807) is 0 Å². The average Bonchev–Trinajstić information content (AvgIpc) is 2.62. The molecule has 1 unspecified atom stereocenters. The van der Waals surface area contributed by atoms with E-state index in [0.717, 1.165) is 42.2 Å². The Kier molecular flexibility index (Phi) is 5.96. The van der Waals surface area contributed by atoms with Gasteiger partial charge in [-0.05, 0) is 26.2 Å². The van der Waals surface area contributed by atoms with Gasteiger partial charge in [-0.1, -0.05) is 25.4 Å². The lowest BCUT2D eigenvalue weighted by Crippen LogP contribution is -2.42. The summed E-state index contributed by atoms with van der Waals surface area (Å²) in [6.45, 7) is 7.15. The van der Waals surface area contributed by atoms with E-state index in [1.807, 2.05) is 11.7 Å². The van der Waals surface area contributed by atoms with Gasteiger partial charge in [-0.2, -0.15) is 5.10 Å². The second kappa shape index (κ2) is 6.78. The number of alkyl halides is 1. The smallest absolute Gasteiger partial charge is 0.0863 e. The van der Waals surface area contributed by atoms with Crippen molar-refractivity contribution < 1.29 is 0 Å². The van der Waals surface area contributed by atoms with Crippen molar-refractivity contribution in [1.82, 2.24) is 15.1 Å². The molecule has 0 bridgehead atoms. The highest BCUT2D eigenvalue weighted by Gasteiger charge is 2.22. The normalized spacial score (nSPS) is 14.8. The van der Waals surface area contributed by atoms with Gasteiger partial charge in [0.25, 0.3) is 0 Å². The summed E-state index contributed by atoms with van der Waals surface area (Å²) in [5.74, 6) is 0.663. The maximum Gasteiger partial charge on any atom is 0.0863 e. The molecule has 0 aromatic carbocycles. The van der Waals surface area contributed by atoms with Gasteiger partial charge in [0.15, 0.2) is 0 Å². The second-order valence-electron chi connectivity index (χ2n) is 4.89. The lowest BCUT2D eigenvalue weighted by atomic mass is 9.95. The van der Waals surface area contributed by atoms with Gasteiger partial charge in [-0.25, -0.2) is 0 Å². The van der Waals surface area contributed by atoms with Crippen LogP contribution in [0.1, 0.15) is 45.0 Å². The number of aromatic nitrogens is 2. The summed E-state index contributed by atoms with van der Waals surface area (Å²) in [6, 6.07) is 0. The van der Waals surface area contributed by atoms with Gasteiger partial charge in [-0.3, -0.25) is 4.68 Å². The number of hydrogen-bond donors (Lipinski definition) is 1. The molecule has 1 aromatic rings. The van der Waals surface area contributed by atoms with Crippen molar-refractivity contribution in [3.8, 4) is 0 Å². The van der Waals surface area contributed by atoms with Crippen molar-refractivity contribution in [2.75, 3.05) is 5.88 Å². The number of aryl methyl sites for hydroxylation is 2. The lowest BCUT2D eigenvalue weighted by Gasteiger charge is -2.29. The van der Waals surface area contributed by atoms with Gasteiger partial charge in [0.05, 0.1) is 16.4 Å². The number of nitrogens with one attached hydrogen (secondary N) is 1. The molecule has 0 spiro atoms. The molecule has 0 amide bonds. The molecule has 3 nitrogen and oxygen atoms in total. The van der Waals surface area contributed by atoms with E-state index in [-0.39, 0.29) is 5.54 Å². The van der Waals surface area contributed by atoms with Crippen LogP contribution in [0.15, 0.2) is 0 Å². The van der Waals surface area contributed by atoms with Crippen molar-refractivity contribution in [3.05, 3.63) is 16.4 Å². The third-order valence-electron chi connectivity index (χ3n) is 3.61. The Morgan fingerprint density at radius 2 is 2.06 bits per heavy atom. The van der Waals surface area contributed by atoms with Crippen LogP contribution in [0.3, 0.4) is 0 Å². The minimum atomic E-state index is 0.0573. The molecule has 1 atom stereocenters. The highest BCUT2D eigenvalue weighted by molar-refractivity contribution is 6.31. The maximum atomic E-state index is 6.33. The predicted octanol–water partition coefficient (Wildman–Crippen LogP) is 3.52. The Bertz CT molecular complexity index is 390. The molecule has 0 aliphatic carbocycles. The first-order valence-electron chi connectivity index (χ1n) is 6.48. The summed E-state index contributed by atoms with van der Waals surface area (Å²) >= 11 is 12.2. The molecular weight excluding hydrogens is 269 g/mol. The minimum Gasteiger partial charge on any atom is -0.306 e. The van der Waals surface area contributed by atoms with Crippen LogP contribution in [0.5, 0.6) is 0 Å². The molecule has 5 heteroatoms. The first kappa shape index (κ1) is 15.8. The Labute approximate surface area is 120 Å². The average molecular weight is 292 g/mol. The van der Waals surface area contributed by atoms with Gasteiger partial charge in [0.2, 0.25) is 0 Å². The van der Waals surface area contributed by atoms with Crippen molar-refractivity contribution >= 4 is 23.2 Å². The molecule has 1 rings (SSSR count). The molecule has 1 aromatic heterocycles. The van der Waals surface area contributed by atoms with E-state index in [2.05, 4.69) is 31.2 Å². The first-order chi connectivity index (χ1) is 8.47. The molecule has 0 radical (unpaired) electrons. The molecule has 0 saturated carbocycles. The van der Waals surface area contributed by atoms with E-state index in [4.69, 9.17) is 23.2 Å². The third kappa shape index (κ3) is 3.62. The van der Waals surface area contributed by atoms with E-state index >= 15 is 0 Å². The number of hydrogen-bond acceptors (Lipinski definition) is 2. The standard InChI is InChI=1S/C13H23Cl2N3/c1-5-10-12(15)11(18(4)17-10)9-16-13(3,6-2)7-8-14/h16H,5-9H2,1-4H3. The van der Waals surface area contributed by atoms with Crippen LogP contribution in [-0.2, 0) is 20.0 Å². The van der Waals surface area contributed by atoms with Crippen LogP contribution in [0.25, 0.3) is 0 Å². The zero-order chi connectivity index (χ0) is 13.8. The zero-order valence-electron chi connectivity index (χ0n) is 11.7. The van der Waals surface area contributed by atoms with Crippen molar-refractivity contribution in [2.45, 2.75) is 52.1 Å². The summed E-state index contributed by atoms with van der Waals surface area (Å²) in [6.07, 6.45) is 2.84. The van der Waals surface area contributed by atoms with Crippen molar-refractivity contribution in [2.24, 2.45) is 7.05 Å². The zero-order valence-corrected chi connectivity index (χ0v) is 13.2. The molecule has 0 aliphatic rings. The van der Waals surface area contributed by atoms with Crippen LogP contribution in [-0.4, -0.2) is 21.2 Å². The predicted molar refractivity (Wildman–Crippen MR) is 78.5 cm³/mol. The fraction of sp³-hybridized carbons (Fsp3) is 0.769. The Balaban J connectivity index is 2.76. The Morgan fingerprint density at radius 3 is 2.50 bits per heavy atom. The summed E-state index contributed by atoms with van der Waals surface area (Å²) in [5, 5.41) is 8.76. The monoisotopic (exact) mass is 291 g/mol. The summed E-state index contributed by atoms with van der Waals surface area (Å²) < 4.78 is 1.87. The van der Waals surface area contributed by atoms with E-state index in [1.165, 1.54) is 0 Å². The number of rotatable bonds is 7. The van der Waals surface area contributed by atoms with Crippen LogP contribution >= 0.6 is 23.2 Å². The van der Waals surface area contributed by atoms with Crippen LogP contribution in [0.4, 0.5) is 0 Å². The van der Waals surface area contributed by atoms with Gasteiger partial charge in [-0.15, -0.1) is 11.6 Å². The number of nitrogens with zero attached hydrogens (tertiary/aromatic N) is 2. The molecule has 18 heavy (non-hydrogen) atoms. The molecule has 0 saturated heterocycles. The lowest BCUT2D eigenvalue weighted by molar-refractivity contribution is 0.327. The van der Waals surface area contributed by atoms with Crippen LogP contribution in [0.2, 0.25) is 5.02 Å². The highest BCUT2D eigenvalue weighted by Crippen LogP contribution is 2.22. The summed E-state index contributed by atoms with van der Waals surface area (Å²) in [4.78, 5) is 0. The minimum absolute atomic E-state index is 0.0573. The van der Waals surface area contributed by atoms with Gasteiger partial charge in [0.1, 0.15) is 0 Å². The van der Waals surface area contributed by atoms with Crippen LogP contribution < -0.4 is 5.32 Å². The van der Waals surface area contributed by atoms with E-state index in [0.29, 0.717) is 5.88 Å². The fourth-order valence-electron chi connectivity index (χ4n) is 1.91. The molecular formula is C13H23Cl2N3. The summed E-state index contributed by atoms with van der Waals surface area (Å²) in [5.41, 5.74) is 2.07. The maximum absolute atomic E-state index is 6.33. The first-order valence-corrected chi connectivity index (χ1v) is 7.40. The highest BCUT2D eigenvalue weighted by atomic mass is 35.5. The summed E-state index contributed by atoms with van der Waals surface area (Å²) in [7, 11) is 1.94. The SMILES string of the molecule is CCc1nn(C)c(CNC(C)(CC)CCCl)c1Cl. The molecule has 1 N–H and O–H groups in total. The molecule has 0 aliphatic heterocycles. The Hall–Kier alpha value is -0.250. The quantitative estimate of drug-likeness (QED) is 0.779. The van der Waals surface area contributed by atoms with E-state index in [9.17, 15) is 0 Å². The van der Waals surface area contributed by atoms with Gasteiger partial charge in [0, 0.05) is 25.0 Å². The van der Waals surface area contributed by atoms with Crippen molar-refractivity contribution in [3.63, 3.8) is 0 Å². The molecule has 1 heterocycles. The van der Waals surface area contributed by atoms with E-state index < -0.39 is 0 Å². The second-order valence-corrected chi connectivity index (χ2v) is 5.65. The number of halogens is 2. The third-order valence-corrected chi connectivity index (χ3v) is 4.24. The van der Waals surface area contributed by atoms with Gasteiger partial charge >= 0.3 is 0 Å². The Morgan fingerprint density at radius 1 is 1.39 bits per heavy atom. The fourth-order valence-corrected chi connectivity index (χ4v) is 2.69. The molecule has 0 fully saturated rings. The van der Waals surface area contributed by atoms with Crippen molar-refractivity contribution in [1.29, 1.82) is 0 Å². The topological polar surface area (TPSA) is 29.9 Å². The van der Waals surface area contributed by atoms with Crippen LogP contribution in [0, 0.1) is 0 Å². The molecule has 104 valence electrons. The van der Waals surface area contributed by atoms with Gasteiger partial charge < -0.3 is 5.32 Å².